The number of amides is 1. The van der Waals surface area contributed by atoms with Crippen LogP contribution < -0.4 is 5.32 Å². The Bertz CT molecular complexity index is 531. The number of aliphatic hydroxyl groups excluding tert-OH is 1. The fourth-order valence-electron chi connectivity index (χ4n) is 3.90. The molecule has 1 aromatic rings. The highest BCUT2D eigenvalue weighted by Gasteiger charge is 2.25. The topological polar surface area (TPSA) is 61.8 Å². The van der Waals surface area contributed by atoms with E-state index < -0.39 is 6.10 Å². The highest BCUT2D eigenvalue weighted by Crippen LogP contribution is 2.27. The van der Waals surface area contributed by atoms with Crippen LogP contribution >= 0.6 is 0 Å². The molecule has 0 unspecified atom stereocenters. The largest absolute Gasteiger partial charge is 0.391 e. The zero-order valence-corrected chi connectivity index (χ0v) is 14.9. The van der Waals surface area contributed by atoms with E-state index in [-0.39, 0.29) is 12.0 Å². The molecule has 1 aromatic carbocycles. The lowest BCUT2D eigenvalue weighted by Gasteiger charge is -2.32. The lowest BCUT2D eigenvalue weighted by molar-refractivity contribution is -0.126. The number of rotatable bonds is 7. The first kappa shape index (κ1) is 18.4. The molecule has 2 N–H and O–H groups in total. The average molecular weight is 346 g/mol. The summed E-state index contributed by atoms with van der Waals surface area (Å²) in [4.78, 5) is 14.5. The molecule has 0 bridgehead atoms. The SMILES string of the molecule is O=C(C[C@@H]1CN(Cc2ccccc2)CCO1)NC[C@@H](O)C1CCCC1. The first-order valence-electron chi connectivity index (χ1n) is 9.53. The second kappa shape index (κ2) is 9.32. The Labute approximate surface area is 150 Å². The number of hydrogen-bond donors (Lipinski definition) is 2. The molecular weight excluding hydrogens is 316 g/mol. The molecule has 3 rings (SSSR count). The van der Waals surface area contributed by atoms with Gasteiger partial charge in [0.1, 0.15) is 0 Å². The molecule has 2 fully saturated rings. The van der Waals surface area contributed by atoms with Crippen molar-refractivity contribution in [1.82, 2.24) is 10.2 Å². The lowest BCUT2D eigenvalue weighted by Crippen LogP contribution is -2.45. The van der Waals surface area contributed by atoms with Crippen molar-refractivity contribution in [3.8, 4) is 0 Å². The number of carbonyl (C=O) groups is 1. The molecule has 138 valence electrons. The molecule has 1 heterocycles. The maximum Gasteiger partial charge on any atom is 0.222 e. The smallest absolute Gasteiger partial charge is 0.222 e. The zero-order chi connectivity index (χ0) is 17.5. The fourth-order valence-corrected chi connectivity index (χ4v) is 3.90. The second-order valence-corrected chi connectivity index (χ2v) is 7.33. The molecule has 1 amide bonds. The Balaban J connectivity index is 1.38. The minimum atomic E-state index is -0.409. The predicted molar refractivity (Wildman–Crippen MR) is 97.1 cm³/mol. The van der Waals surface area contributed by atoms with Gasteiger partial charge >= 0.3 is 0 Å². The molecule has 5 heteroatoms. The summed E-state index contributed by atoms with van der Waals surface area (Å²) in [5.41, 5.74) is 1.28. The summed E-state index contributed by atoms with van der Waals surface area (Å²) in [6.45, 7) is 3.59. The van der Waals surface area contributed by atoms with E-state index in [0.717, 1.165) is 32.5 Å². The number of nitrogens with one attached hydrogen (secondary N) is 1. The van der Waals surface area contributed by atoms with Gasteiger partial charge in [-0.25, -0.2) is 0 Å². The molecule has 1 saturated heterocycles. The molecule has 25 heavy (non-hydrogen) atoms. The Hall–Kier alpha value is -1.43. The summed E-state index contributed by atoms with van der Waals surface area (Å²) in [5, 5.41) is 13.0. The Morgan fingerprint density at radius 3 is 2.80 bits per heavy atom. The number of ether oxygens (including phenoxy) is 1. The van der Waals surface area contributed by atoms with Crippen molar-refractivity contribution >= 4 is 5.91 Å². The van der Waals surface area contributed by atoms with Gasteiger partial charge in [0.15, 0.2) is 0 Å². The highest BCUT2D eigenvalue weighted by atomic mass is 16.5. The molecule has 1 aliphatic heterocycles. The van der Waals surface area contributed by atoms with Gasteiger partial charge < -0.3 is 15.2 Å². The van der Waals surface area contributed by atoms with Gasteiger partial charge in [0.05, 0.1) is 25.2 Å². The molecular formula is C20H30N2O3. The second-order valence-electron chi connectivity index (χ2n) is 7.33. The fraction of sp³-hybridized carbons (Fsp3) is 0.650. The summed E-state index contributed by atoms with van der Waals surface area (Å²) < 4.78 is 5.76. The van der Waals surface area contributed by atoms with Crippen molar-refractivity contribution in [3.63, 3.8) is 0 Å². The molecule has 0 spiro atoms. The van der Waals surface area contributed by atoms with Gasteiger partial charge in [0.25, 0.3) is 0 Å². The summed E-state index contributed by atoms with van der Waals surface area (Å²) in [5.74, 6) is 0.330. The van der Waals surface area contributed by atoms with Crippen LogP contribution in [-0.4, -0.2) is 54.4 Å². The minimum absolute atomic E-state index is 0.0244. The van der Waals surface area contributed by atoms with E-state index in [2.05, 4.69) is 34.5 Å². The number of benzene rings is 1. The Morgan fingerprint density at radius 1 is 1.28 bits per heavy atom. The maximum absolute atomic E-state index is 12.2. The quantitative estimate of drug-likeness (QED) is 0.792. The number of morpholine rings is 1. The van der Waals surface area contributed by atoms with Crippen LogP contribution in [0.3, 0.4) is 0 Å². The Kier molecular flexibility index (Phi) is 6.84. The van der Waals surface area contributed by atoms with Crippen molar-refractivity contribution < 1.29 is 14.6 Å². The van der Waals surface area contributed by atoms with E-state index in [9.17, 15) is 9.90 Å². The van der Waals surface area contributed by atoms with Crippen molar-refractivity contribution in [1.29, 1.82) is 0 Å². The van der Waals surface area contributed by atoms with Gasteiger partial charge in [0.2, 0.25) is 5.91 Å². The van der Waals surface area contributed by atoms with Crippen LogP contribution in [0.1, 0.15) is 37.7 Å². The van der Waals surface area contributed by atoms with Crippen molar-refractivity contribution in [2.24, 2.45) is 5.92 Å². The number of carbonyl (C=O) groups excluding carboxylic acids is 1. The normalized spacial score (nSPS) is 23.5. The third kappa shape index (κ3) is 5.80. The average Bonchev–Trinajstić information content (AvgIpc) is 3.16. The number of hydrogen-bond acceptors (Lipinski definition) is 4. The standard InChI is InChI=1S/C20H30N2O3/c23-19(17-8-4-5-9-17)13-21-20(24)12-18-15-22(10-11-25-18)14-16-6-2-1-3-7-16/h1-3,6-7,17-19,23H,4-5,8-15H2,(H,21,24)/t18-,19-/m1/s1. The summed E-state index contributed by atoms with van der Waals surface area (Å²) in [7, 11) is 0. The van der Waals surface area contributed by atoms with E-state index in [1.807, 2.05) is 6.07 Å². The molecule has 2 atom stereocenters. The van der Waals surface area contributed by atoms with Crippen LogP contribution in [-0.2, 0) is 16.1 Å². The number of nitrogens with zero attached hydrogens (tertiary/aromatic N) is 1. The van der Waals surface area contributed by atoms with E-state index in [4.69, 9.17) is 4.74 Å². The summed E-state index contributed by atoms with van der Waals surface area (Å²) in [6, 6.07) is 10.4. The third-order valence-electron chi connectivity index (χ3n) is 5.34. The highest BCUT2D eigenvalue weighted by molar-refractivity contribution is 5.76. The molecule has 0 radical (unpaired) electrons. The lowest BCUT2D eigenvalue weighted by atomic mass is 10.0. The molecule has 1 aliphatic carbocycles. The van der Waals surface area contributed by atoms with E-state index in [1.165, 1.54) is 18.4 Å². The van der Waals surface area contributed by atoms with Crippen LogP contribution in [0.4, 0.5) is 0 Å². The van der Waals surface area contributed by atoms with Crippen LogP contribution in [0.2, 0.25) is 0 Å². The van der Waals surface area contributed by atoms with Gasteiger partial charge in [-0.2, -0.15) is 0 Å². The third-order valence-corrected chi connectivity index (χ3v) is 5.34. The predicted octanol–water partition coefficient (Wildman–Crippen LogP) is 1.94. The first-order valence-corrected chi connectivity index (χ1v) is 9.53. The van der Waals surface area contributed by atoms with E-state index >= 15 is 0 Å². The minimum Gasteiger partial charge on any atom is -0.391 e. The first-order chi connectivity index (χ1) is 12.2. The molecule has 2 aliphatic rings. The molecule has 1 saturated carbocycles. The van der Waals surface area contributed by atoms with E-state index in [0.29, 0.717) is 25.5 Å². The van der Waals surface area contributed by atoms with Crippen LogP contribution in [0.25, 0.3) is 0 Å². The van der Waals surface area contributed by atoms with Gasteiger partial charge in [-0.05, 0) is 24.3 Å². The van der Waals surface area contributed by atoms with Gasteiger partial charge in [-0.15, -0.1) is 0 Å². The van der Waals surface area contributed by atoms with Crippen LogP contribution in [0, 0.1) is 5.92 Å². The summed E-state index contributed by atoms with van der Waals surface area (Å²) in [6.07, 6.45) is 4.44. The van der Waals surface area contributed by atoms with Crippen molar-refractivity contribution in [2.45, 2.75) is 50.9 Å². The van der Waals surface area contributed by atoms with Crippen molar-refractivity contribution in [2.75, 3.05) is 26.2 Å². The molecule has 5 nitrogen and oxygen atoms in total. The van der Waals surface area contributed by atoms with Crippen LogP contribution in [0.15, 0.2) is 30.3 Å². The number of aliphatic hydroxyl groups is 1. The van der Waals surface area contributed by atoms with Crippen molar-refractivity contribution in [3.05, 3.63) is 35.9 Å². The molecule has 0 aromatic heterocycles. The maximum atomic E-state index is 12.2. The monoisotopic (exact) mass is 346 g/mol. The summed E-state index contributed by atoms with van der Waals surface area (Å²) >= 11 is 0. The van der Waals surface area contributed by atoms with Crippen LogP contribution in [0.5, 0.6) is 0 Å². The van der Waals surface area contributed by atoms with Gasteiger partial charge in [0, 0.05) is 26.2 Å². The Morgan fingerprint density at radius 2 is 2.04 bits per heavy atom. The zero-order valence-electron chi connectivity index (χ0n) is 14.9. The van der Waals surface area contributed by atoms with E-state index in [1.54, 1.807) is 0 Å². The van der Waals surface area contributed by atoms with Gasteiger partial charge in [-0.3, -0.25) is 9.69 Å². The van der Waals surface area contributed by atoms with Gasteiger partial charge in [-0.1, -0.05) is 43.2 Å².